The first-order valence-corrected chi connectivity index (χ1v) is 9.51. The molecule has 3 aromatic heterocycles. The van der Waals surface area contributed by atoms with Crippen molar-refractivity contribution in [1.82, 2.24) is 19.7 Å². The van der Waals surface area contributed by atoms with E-state index in [0.29, 0.717) is 22.5 Å². The van der Waals surface area contributed by atoms with Gasteiger partial charge in [0.2, 0.25) is 5.56 Å². The van der Waals surface area contributed by atoms with Crippen molar-refractivity contribution in [2.75, 3.05) is 4.72 Å². The minimum atomic E-state index is -3.82. The molecule has 2 N–H and O–H groups in total. The minimum absolute atomic E-state index is 0.0369. The quantitative estimate of drug-likeness (QED) is 0.563. The standard InChI is InChI=1S/C18H15N5O3S/c1-23-18-13(10-21-23)3-2-4-16(18)22-27(25,26)14-6-7-15(19-11-14)12-5-8-17(24)20-9-12/h2-11,22H,1H3,(H,20,24). The number of rotatable bonds is 4. The summed E-state index contributed by atoms with van der Waals surface area (Å²) in [5, 5.41) is 4.99. The molecule has 0 aliphatic heterocycles. The zero-order valence-electron chi connectivity index (χ0n) is 14.2. The van der Waals surface area contributed by atoms with Crippen molar-refractivity contribution in [1.29, 1.82) is 0 Å². The summed E-state index contributed by atoms with van der Waals surface area (Å²) < 4.78 is 29.7. The van der Waals surface area contributed by atoms with Crippen LogP contribution in [0.1, 0.15) is 0 Å². The van der Waals surface area contributed by atoms with Gasteiger partial charge in [0.25, 0.3) is 10.0 Å². The van der Waals surface area contributed by atoms with E-state index in [0.717, 1.165) is 5.39 Å². The lowest BCUT2D eigenvalue weighted by Crippen LogP contribution is -2.14. The molecular weight excluding hydrogens is 366 g/mol. The zero-order chi connectivity index (χ0) is 19.0. The van der Waals surface area contributed by atoms with Gasteiger partial charge < -0.3 is 4.98 Å². The third kappa shape index (κ3) is 3.20. The topological polar surface area (TPSA) is 110 Å². The van der Waals surface area contributed by atoms with Crippen molar-refractivity contribution in [3.05, 3.63) is 71.4 Å². The molecule has 0 atom stereocenters. The largest absolute Gasteiger partial charge is 0.328 e. The van der Waals surface area contributed by atoms with Crippen LogP contribution < -0.4 is 10.3 Å². The Morgan fingerprint density at radius 3 is 2.63 bits per heavy atom. The van der Waals surface area contributed by atoms with Crippen molar-refractivity contribution in [3.63, 3.8) is 0 Å². The zero-order valence-corrected chi connectivity index (χ0v) is 15.1. The second kappa shape index (κ2) is 6.36. The van der Waals surface area contributed by atoms with Crippen molar-refractivity contribution in [2.24, 2.45) is 7.05 Å². The molecule has 0 fully saturated rings. The van der Waals surface area contributed by atoms with Crippen molar-refractivity contribution in [3.8, 4) is 11.3 Å². The summed E-state index contributed by atoms with van der Waals surface area (Å²) >= 11 is 0. The first-order valence-electron chi connectivity index (χ1n) is 8.03. The first kappa shape index (κ1) is 17.0. The van der Waals surface area contributed by atoms with Gasteiger partial charge in [-0.05, 0) is 24.3 Å². The van der Waals surface area contributed by atoms with Crippen molar-refractivity contribution >= 4 is 26.6 Å². The summed E-state index contributed by atoms with van der Waals surface area (Å²) in [5.74, 6) is 0. The predicted octanol–water partition coefficient (Wildman–Crippen LogP) is 2.12. The number of anilines is 1. The highest BCUT2D eigenvalue weighted by atomic mass is 32.2. The molecule has 0 amide bonds. The fourth-order valence-corrected chi connectivity index (χ4v) is 3.81. The molecule has 0 aliphatic carbocycles. The van der Waals surface area contributed by atoms with Gasteiger partial charge in [0.15, 0.2) is 0 Å². The highest BCUT2D eigenvalue weighted by molar-refractivity contribution is 7.92. The number of sulfonamides is 1. The van der Waals surface area contributed by atoms with Crippen LogP contribution in [-0.2, 0) is 17.1 Å². The molecule has 0 saturated heterocycles. The molecule has 4 rings (SSSR count). The van der Waals surface area contributed by atoms with Gasteiger partial charge in [-0.1, -0.05) is 12.1 Å². The number of nitrogens with zero attached hydrogens (tertiary/aromatic N) is 3. The lowest BCUT2D eigenvalue weighted by Gasteiger charge is -2.10. The molecule has 0 aliphatic rings. The molecular formula is C18H15N5O3S. The maximum atomic E-state index is 12.7. The average Bonchev–Trinajstić information content (AvgIpc) is 3.04. The second-order valence-corrected chi connectivity index (χ2v) is 7.62. The van der Waals surface area contributed by atoms with Crippen LogP contribution in [0.5, 0.6) is 0 Å². The number of aryl methyl sites for hydroxylation is 1. The van der Waals surface area contributed by atoms with Gasteiger partial charge in [-0.25, -0.2) is 8.42 Å². The summed E-state index contributed by atoms with van der Waals surface area (Å²) in [4.78, 5) is 17.9. The first-order chi connectivity index (χ1) is 12.9. The number of hydrogen-bond donors (Lipinski definition) is 2. The number of H-pyrrole nitrogens is 1. The number of nitrogens with one attached hydrogen (secondary N) is 2. The Bertz CT molecular complexity index is 1270. The van der Waals surface area contributed by atoms with E-state index < -0.39 is 10.0 Å². The lowest BCUT2D eigenvalue weighted by molar-refractivity contribution is 0.601. The molecule has 136 valence electrons. The number of para-hydroxylation sites is 1. The Morgan fingerprint density at radius 2 is 1.93 bits per heavy atom. The van der Waals surface area contributed by atoms with E-state index in [4.69, 9.17) is 0 Å². The van der Waals surface area contributed by atoms with E-state index in [9.17, 15) is 13.2 Å². The van der Waals surface area contributed by atoms with E-state index in [1.807, 2.05) is 6.07 Å². The maximum Gasteiger partial charge on any atom is 0.263 e. The summed E-state index contributed by atoms with van der Waals surface area (Å²) in [5.41, 5.74) is 2.16. The molecule has 0 unspecified atom stereocenters. The van der Waals surface area contributed by atoms with Gasteiger partial charge in [0, 0.05) is 36.5 Å². The van der Waals surface area contributed by atoms with E-state index >= 15 is 0 Å². The fourth-order valence-electron chi connectivity index (χ4n) is 2.80. The highest BCUT2D eigenvalue weighted by Crippen LogP contribution is 2.25. The molecule has 9 heteroatoms. The Balaban J connectivity index is 1.66. The van der Waals surface area contributed by atoms with Crippen LogP contribution >= 0.6 is 0 Å². The van der Waals surface area contributed by atoms with Crippen LogP contribution in [0.4, 0.5) is 5.69 Å². The van der Waals surface area contributed by atoms with Crippen LogP contribution in [0.15, 0.2) is 70.7 Å². The summed E-state index contributed by atoms with van der Waals surface area (Å²) in [6, 6.07) is 11.4. The van der Waals surface area contributed by atoms with E-state index in [2.05, 4.69) is 19.8 Å². The summed E-state index contributed by atoms with van der Waals surface area (Å²) in [7, 11) is -2.07. The van der Waals surface area contributed by atoms with Crippen LogP contribution in [0.25, 0.3) is 22.2 Å². The smallest absolute Gasteiger partial charge is 0.263 e. The number of pyridine rings is 2. The number of fused-ring (bicyclic) bond motifs is 1. The Hall–Kier alpha value is -3.46. The van der Waals surface area contributed by atoms with Gasteiger partial charge >= 0.3 is 0 Å². The predicted molar refractivity (Wildman–Crippen MR) is 102 cm³/mol. The molecule has 0 spiro atoms. The summed E-state index contributed by atoms with van der Waals surface area (Å²) in [6.45, 7) is 0. The lowest BCUT2D eigenvalue weighted by atomic mass is 10.2. The van der Waals surface area contributed by atoms with Gasteiger partial charge in [0.1, 0.15) is 4.90 Å². The summed E-state index contributed by atoms with van der Waals surface area (Å²) in [6.07, 6.45) is 4.49. The molecule has 8 nitrogen and oxygen atoms in total. The number of benzene rings is 1. The van der Waals surface area contributed by atoms with Gasteiger partial charge in [-0.15, -0.1) is 0 Å². The van der Waals surface area contributed by atoms with Crippen LogP contribution in [-0.4, -0.2) is 28.2 Å². The second-order valence-electron chi connectivity index (χ2n) is 5.94. The van der Waals surface area contributed by atoms with E-state index in [1.54, 1.807) is 42.2 Å². The molecule has 0 radical (unpaired) electrons. The van der Waals surface area contributed by atoms with Crippen LogP contribution in [0.3, 0.4) is 0 Å². The third-order valence-electron chi connectivity index (χ3n) is 4.13. The van der Waals surface area contributed by atoms with Crippen LogP contribution in [0.2, 0.25) is 0 Å². The number of aromatic amines is 1. The van der Waals surface area contributed by atoms with Gasteiger partial charge in [0.05, 0.1) is 23.1 Å². The third-order valence-corrected chi connectivity index (χ3v) is 5.48. The Kier molecular flexibility index (Phi) is 4.00. The maximum absolute atomic E-state index is 12.7. The Labute approximate surface area is 154 Å². The van der Waals surface area contributed by atoms with E-state index in [1.165, 1.54) is 24.5 Å². The monoisotopic (exact) mass is 381 g/mol. The van der Waals surface area contributed by atoms with E-state index in [-0.39, 0.29) is 10.5 Å². The fraction of sp³-hybridized carbons (Fsp3) is 0.0556. The number of hydrogen-bond acceptors (Lipinski definition) is 5. The minimum Gasteiger partial charge on any atom is -0.328 e. The normalized spacial score (nSPS) is 11.6. The van der Waals surface area contributed by atoms with Gasteiger partial charge in [-0.2, -0.15) is 5.10 Å². The molecule has 27 heavy (non-hydrogen) atoms. The van der Waals surface area contributed by atoms with Gasteiger partial charge in [-0.3, -0.25) is 19.2 Å². The number of aromatic nitrogens is 4. The average molecular weight is 381 g/mol. The molecule has 4 aromatic rings. The molecule has 3 heterocycles. The van der Waals surface area contributed by atoms with Crippen molar-refractivity contribution in [2.45, 2.75) is 4.90 Å². The molecule has 0 saturated carbocycles. The molecule has 0 bridgehead atoms. The SMILES string of the molecule is Cn1ncc2cccc(NS(=O)(=O)c3ccc(-c4ccc(=O)[nH]c4)nc3)c21. The molecule has 1 aromatic carbocycles. The van der Waals surface area contributed by atoms with Crippen LogP contribution in [0, 0.1) is 0 Å². The van der Waals surface area contributed by atoms with Crippen molar-refractivity contribution < 1.29 is 8.42 Å². The Morgan fingerprint density at radius 1 is 1.07 bits per heavy atom. The highest BCUT2D eigenvalue weighted by Gasteiger charge is 2.17.